The molecule has 0 saturated carbocycles. The minimum atomic E-state index is -1.41. The molecule has 92 valence electrons. The van der Waals surface area contributed by atoms with Crippen LogP contribution in [0.25, 0.3) is 0 Å². The van der Waals surface area contributed by atoms with Crippen LogP contribution in [0, 0.1) is 5.82 Å². The Balaban J connectivity index is 2.40. The second kappa shape index (κ2) is 4.22. The van der Waals surface area contributed by atoms with Gasteiger partial charge >= 0.3 is 5.69 Å². The van der Waals surface area contributed by atoms with E-state index in [1.807, 2.05) is 0 Å². The predicted octanol–water partition coefficient (Wildman–Crippen LogP) is -0.292. The number of ether oxygens (including phenoxy) is 1. The summed E-state index contributed by atoms with van der Waals surface area (Å²) in [6.45, 7) is -0.441. The van der Waals surface area contributed by atoms with E-state index in [4.69, 9.17) is 15.6 Å². The topological polar surface area (TPSA) is 90.4 Å². The first-order chi connectivity index (χ1) is 8.02. The zero-order valence-corrected chi connectivity index (χ0v) is 8.51. The average Bonchev–Trinajstić information content (AvgIpc) is 2.65. The van der Waals surface area contributed by atoms with Crippen LogP contribution in [0.5, 0.6) is 0 Å². The summed E-state index contributed by atoms with van der Waals surface area (Å²) in [7, 11) is 0. The fourth-order valence-corrected chi connectivity index (χ4v) is 1.45. The molecule has 0 spiro atoms. The summed E-state index contributed by atoms with van der Waals surface area (Å²) in [6, 6.07) is 0. The number of nitrogen functional groups attached to an aromatic ring is 1. The van der Waals surface area contributed by atoms with E-state index in [9.17, 15) is 13.6 Å². The van der Waals surface area contributed by atoms with Crippen LogP contribution in [0.1, 0.15) is 6.23 Å². The maximum Gasteiger partial charge on any atom is 0.352 e. The zero-order valence-electron chi connectivity index (χ0n) is 8.51. The lowest BCUT2D eigenvalue weighted by molar-refractivity contribution is -0.0218. The molecule has 0 saturated heterocycles. The van der Waals surface area contributed by atoms with Gasteiger partial charge in [-0.1, -0.05) is 0 Å². The first-order valence-corrected chi connectivity index (χ1v) is 4.70. The molecule has 2 heterocycles. The van der Waals surface area contributed by atoms with E-state index in [-0.39, 0.29) is 0 Å². The van der Waals surface area contributed by atoms with Crippen molar-refractivity contribution < 1.29 is 18.6 Å². The molecule has 1 aromatic rings. The lowest BCUT2D eigenvalue weighted by Crippen LogP contribution is -2.30. The van der Waals surface area contributed by atoms with Gasteiger partial charge in [0.15, 0.2) is 17.9 Å². The van der Waals surface area contributed by atoms with Crippen molar-refractivity contribution >= 4 is 5.82 Å². The lowest BCUT2D eigenvalue weighted by atomic mass is 10.3. The Kier molecular flexibility index (Phi) is 2.90. The number of nitrogens with two attached hydrogens (primary N) is 1. The van der Waals surface area contributed by atoms with Crippen LogP contribution in [0.15, 0.2) is 22.9 Å². The van der Waals surface area contributed by atoms with Crippen LogP contribution in [0.4, 0.5) is 14.6 Å². The Morgan fingerprint density at radius 3 is 2.88 bits per heavy atom. The Hall–Kier alpha value is -1.80. The van der Waals surface area contributed by atoms with Gasteiger partial charge in [-0.2, -0.15) is 4.98 Å². The molecule has 1 aliphatic rings. The summed E-state index contributed by atoms with van der Waals surface area (Å²) in [6.07, 6.45) is -0.566. The van der Waals surface area contributed by atoms with Crippen molar-refractivity contribution in [1.82, 2.24) is 9.55 Å². The summed E-state index contributed by atoms with van der Waals surface area (Å²) in [5.41, 5.74) is 4.15. The van der Waals surface area contributed by atoms with Crippen LogP contribution in [0.2, 0.25) is 0 Å². The fourth-order valence-electron chi connectivity index (χ4n) is 1.45. The number of aromatic nitrogens is 2. The van der Waals surface area contributed by atoms with Crippen LogP contribution in [0.3, 0.4) is 0 Å². The van der Waals surface area contributed by atoms with E-state index in [0.29, 0.717) is 10.8 Å². The Labute approximate surface area is 94.0 Å². The lowest BCUT2D eigenvalue weighted by Gasteiger charge is -2.15. The Bertz CT molecular complexity index is 529. The molecule has 0 unspecified atom stereocenters. The first kappa shape index (κ1) is 11.7. The van der Waals surface area contributed by atoms with Gasteiger partial charge in [0.1, 0.15) is 11.9 Å². The van der Waals surface area contributed by atoms with Crippen molar-refractivity contribution in [2.24, 2.45) is 0 Å². The molecule has 1 aromatic heterocycles. The van der Waals surface area contributed by atoms with Gasteiger partial charge in [-0.05, 0) is 6.08 Å². The van der Waals surface area contributed by atoms with Gasteiger partial charge in [-0.25, -0.2) is 13.6 Å². The molecule has 3 N–H and O–H groups in total. The van der Waals surface area contributed by atoms with Gasteiger partial charge in [-0.3, -0.25) is 4.57 Å². The van der Waals surface area contributed by atoms with Gasteiger partial charge in [0, 0.05) is 0 Å². The minimum absolute atomic E-state index is 0.441. The maximum absolute atomic E-state index is 13.4. The molecule has 0 aromatic carbocycles. The van der Waals surface area contributed by atoms with Crippen molar-refractivity contribution in [2.45, 2.75) is 12.3 Å². The van der Waals surface area contributed by atoms with Crippen LogP contribution in [-0.4, -0.2) is 27.4 Å². The van der Waals surface area contributed by atoms with Gasteiger partial charge < -0.3 is 15.6 Å². The van der Waals surface area contributed by atoms with Crippen molar-refractivity contribution in [2.75, 3.05) is 12.3 Å². The molecule has 0 amide bonds. The summed E-state index contributed by atoms with van der Waals surface area (Å²) in [5.74, 6) is -2.31. The third-order valence-corrected chi connectivity index (χ3v) is 2.25. The van der Waals surface area contributed by atoms with Crippen molar-refractivity contribution in [3.8, 4) is 0 Å². The Morgan fingerprint density at radius 2 is 2.29 bits per heavy atom. The second-order valence-corrected chi connectivity index (χ2v) is 3.42. The molecule has 2 atom stereocenters. The van der Waals surface area contributed by atoms with Gasteiger partial charge in [0.25, 0.3) is 0 Å². The molecular weight excluding hydrogens is 236 g/mol. The number of halogens is 2. The second-order valence-electron chi connectivity index (χ2n) is 3.42. The van der Waals surface area contributed by atoms with E-state index in [2.05, 4.69) is 4.98 Å². The number of anilines is 1. The van der Waals surface area contributed by atoms with Gasteiger partial charge in [0.2, 0.25) is 0 Å². The first-order valence-electron chi connectivity index (χ1n) is 4.70. The molecule has 1 aliphatic heterocycles. The van der Waals surface area contributed by atoms with Crippen molar-refractivity contribution in [3.63, 3.8) is 0 Å². The molecule has 2 rings (SSSR count). The molecule has 0 fully saturated rings. The smallest absolute Gasteiger partial charge is 0.352 e. The predicted molar refractivity (Wildman–Crippen MR) is 53.1 cm³/mol. The summed E-state index contributed by atoms with van der Waals surface area (Å²) in [5, 5.41) is 8.78. The largest absolute Gasteiger partial charge is 0.393 e. The third kappa shape index (κ3) is 2.04. The molecule has 0 radical (unpaired) electrons. The molecular formula is C9H9F2N3O3. The van der Waals surface area contributed by atoms with E-state index in [1.54, 1.807) is 0 Å². The number of aliphatic hydroxyl groups is 1. The zero-order chi connectivity index (χ0) is 12.6. The van der Waals surface area contributed by atoms with Crippen LogP contribution in [-0.2, 0) is 4.74 Å². The number of hydrogen-bond donors (Lipinski definition) is 2. The summed E-state index contributed by atoms with van der Waals surface area (Å²) in [4.78, 5) is 14.6. The Morgan fingerprint density at radius 1 is 1.59 bits per heavy atom. The fraction of sp³-hybridized carbons (Fsp3) is 0.333. The van der Waals surface area contributed by atoms with E-state index < -0.39 is 42.1 Å². The minimum Gasteiger partial charge on any atom is -0.393 e. The highest BCUT2D eigenvalue weighted by Gasteiger charge is 2.30. The summed E-state index contributed by atoms with van der Waals surface area (Å²) < 4.78 is 32.1. The van der Waals surface area contributed by atoms with Crippen LogP contribution < -0.4 is 11.4 Å². The van der Waals surface area contributed by atoms with Gasteiger partial charge in [0.05, 0.1) is 12.8 Å². The highest BCUT2D eigenvalue weighted by molar-refractivity contribution is 5.27. The highest BCUT2D eigenvalue weighted by atomic mass is 19.1. The normalized spacial score (nSPS) is 23.8. The van der Waals surface area contributed by atoms with E-state index in [0.717, 1.165) is 6.08 Å². The molecule has 0 aliphatic carbocycles. The molecule has 17 heavy (non-hydrogen) atoms. The molecule has 8 heteroatoms. The molecule has 6 nitrogen and oxygen atoms in total. The van der Waals surface area contributed by atoms with E-state index in [1.165, 1.54) is 0 Å². The van der Waals surface area contributed by atoms with Crippen molar-refractivity contribution in [1.29, 1.82) is 0 Å². The quantitative estimate of drug-likeness (QED) is 0.747. The van der Waals surface area contributed by atoms with E-state index >= 15 is 0 Å². The standard InChI is InChI=1S/C9H9F2N3O3/c10-5-1-4(3-15)17-8(5)14-2-6(11)7(12)13-9(14)16/h1-2,4,8,15H,3H2,(H2,12,13,16)/t4-,8-/m1/s1. The number of hydrogen-bond acceptors (Lipinski definition) is 5. The molecule has 0 bridgehead atoms. The van der Waals surface area contributed by atoms with Crippen LogP contribution >= 0.6 is 0 Å². The SMILES string of the molecule is Nc1nc(=O)n([C@@H]2O[C@@H](CO)C=C2F)cc1F. The van der Waals surface area contributed by atoms with Gasteiger partial charge in [-0.15, -0.1) is 0 Å². The van der Waals surface area contributed by atoms with Crippen molar-refractivity contribution in [3.05, 3.63) is 34.4 Å². The number of rotatable bonds is 2. The monoisotopic (exact) mass is 245 g/mol. The maximum atomic E-state index is 13.4. The number of nitrogens with zero attached hydrogens (tertiary/aromatic N) is 2. The number of aliphatic hydroxyl groups excluding tert-OH is 1. The average molecular weight is 245 g/mol. The summed E-state index contributed by atoms with van der Waals surface area (Å²) >= 11 is 0. The third-order valence-electron chi connectivity index (χ3n) is 2.25. The highest BCUT2D eigenvalue weighted by Crippen LogP contribution is 2.28.